The highest BCUT2D eigenvalue weighted by Gasteiger charge is 2.33. The van der Waals surface area contributed by atoms with Gasteiger partial charge in [-0.2, -0.15) is 0 Å². The Bertz CT molecular complexity index is 409. The van der Waals surface area contributed by atoms with Crippen LogP contribution in [0.2, 0.25) is 19.6 Å². The lowest BCUT2D eigenvalue weighted by molar-refractivity contribution is 0.104. The van der Waals surface area contributed by atoms with Gasteiger partial charge in [-0.05, 0) is 57.7 Å². The molecule has 1 aliphatic carbocycles. The van der Waals surface area contributed by atoms with Crippen molar-refractivity contribution >= 4 is 8.32 Å². The van der Waals surface area contributed by atoms with Gasteiger partial charge in [0.1, 0.15) is 0 Å². The van der Waals surface area contributed by atoms with Crippen LogP contribution in [0.1, 0.15) is 52.9 Å². The average molecular weight is 309 g/mol. The number of allylic oxidation sites excluding steroid dienone is 1. The van der Waals surface area contributed by atoms with Gasteiger partial charge in [0.05, 0.1) is 6.61 Å². The van der Waals surface area contributed by atoms with E-state index in [1.165, 1.54) is 12.0 Å². The van der Waals surface area contributed by atoms with Crippen LogP contribution in [0.15, 0.2) is 11.5 Å². The van der Waals surface area contributed by atoms with E-state index in [4.69, 9.17) is 9.16 Å². The zero-order valence-corrected chi connectivity index (χ0v) is 15.7. The van der Waals surface area contributed by atoms with Crippen molar-refractivity contribution in [3.8, 4) is 11.8 Å². The van der Waals surface area contributed by atoms with Gasteiger partial charge in [-0.15, -0.1) is 11.8 Å². The first kappa shape index (κ1) is 18.2. The molecule has 3 heteroatoms. The summed E-state index contributed by atoms with van der Waals surface area (Å²) < 4.78 is 12.1. The SMILES string of the molecule is CCC#CCC[C@@H]1/C(=C(\OCC)O[Si](C)(C)C)CC[C@H]1C. The van der Waals surface area contributed by atoms with Crippen LogP contribution in [-0.4, -0.2) is 14.9 Å². The molecule has 0 saturated heterocycles. The van der Waals surface area contributed by atoms with Crippen LogP contribution in [0.4, 0.5) is 0 Å². The summed E-state index contributed by atoms with van der Waals surface area (Å²) in [5.74, 6) is 8.58. The molecule has 1 fully saturated rings. The molecule has 0 spiro atoms. The molecule has 1 aliphatic rings. The van der Waals surface area contributed by atoms with E-state index >= 15 is 0 Å². The van der Waals surface area contributed by atoms with E-state index in [0.29, 0.717) is 18.4 Å². The van der Waals surface area contributed by atoms with Crippen molar-refractivity contribution in [2.45, 2.75) is 72.5 Å². The monoisotopic (exact) mass is 308 g/mol. The fourth-order valence-electron chi connectivity index (χ4n) is 2.86. The third-order valence-electron chi connectivity index (χ3n) is 3.82. The lowest BCUT2D eigenvalue weighted by Crippen LogP contribution is -2.27. The maximum Gasteiger partial charge on any atom is 0.264 e. The minimum Gasteiger partial charge on any atom is -0.520 e. The first-order valence-corrected chi connectivity index (χ1v) is 11.8. The van der Waals surface area contributed by atoms with E-state index in [1.807, 2.05) is 6.92 Å². The first-order chi connectivity index (χ1) is 9.89. The highest BCUT2D eigenvalue weighted by Crippen LogP contribution is 2.41. The van der Waals surface area contributed by atoms with Crippen molar-refractivity contribution < 1.29 is 9.16 Å². The van der Waals surface area contributed by atoms with E-state index in [9.17, 15) is 0 Å². The standard InChI is InChI=1S/C18H32O2Si/c1-7-9-10-11-12-16-15(3)13-14-17(16)18(19-8-2)20-21(4,5)6/h15-16H,7-8,11-14H2,1-6H3/b18-17+/t15-,16+/m1/s1. The molecule has 0 aliphatic heterocycles. The van der Waals surface area contributed by atoms with Crippen LogP contribution in [-0.2, 0) is 9.16 Å². The molecule has 0 amide bonds. The van der Waals surface area contributed by atoms with E-state index in [2.05, 4.69) is 45.3 Å². The molecule has 0 aromatic carbocycles. The van der Waals surface area contributed by atoms with Crippen molar-refractivity contribution in [1.29, 1.82) is 0 Å². The second-order valence-electron chi connectivity index (χ2n) is 6.83. The number of rotatable bonds is 6. The summed E-state index contributed by atoms with van der Waals surface area (Å²) >= 11 is 0. The third kappa shape index (κ3) is 6.18. The molecule has 0 bridgehead atoms. The van der Waals surface area contributed by atoms with Gasteiger partial charge in [0.2, 0.25) is 8.32 Å². The minimum atomic E-state index is -1.63. The minimum absolute atomic E-state index is 0.578. The van der Waals surface area contributed by atoms with Gasteiger partial charge < -0.3 is 9.16 Å². The quantitative estimate of drug-likeness (QED) is 0.375. The highest BCUT2D eigenvalue weighted by molar-refractivity contribution is 6.70. The van der Waals surface area contributed by atoms with Gasteiger partial charge in [0.15, 0.2) is 0 Å². The summed E-state index contributed by atoms with van der Waals surface area (Å²) in [4.78, 5) is 0. The topological polar surface area (TPSA) is 18.5 Å². The molecule has 21 heavy (non-hydrogen) atoms. The van der Waals surface area contributed by atoms with Gasteiger partial charge in [0, 0.05) is 18.4 Å². The van der Waals surface area contributed by atoms with Crippen LogP contribution in [0.3, 0.4) is 0 Å². The molecular weight excluding hydrogens is 276 g/mol. The summed E-state index contributed by atoms with van der Waals surface area (Å²) in [5.41, 5.74) is 1.41. The molecule has 2 atom stereocenters. The van der Waals surface area contributed by atoms with Crippen molar-refractivity contribution in [3.63, 3.8) is 0 Å². The van der Waals surface area contributed by atoms with Crippen molar-refractivity contribution in [3.05, 3.63) is 11.5 Å². The summed E-state index contributed by atoms with van der Waals surface area (Å²) in [6, 6.07) is 0. The molecule has 0 N–H and O–H groups in total. The Morgan fingerprint density at radius 2 is 1.95 bits per heavy atom. The Morgan fingerprint density at radius 1 is 1.24 bits per heavy atom. The Hall–Kier alpha value is -0.883. The number of hydrogen-bond acceptors (Lipinski definition) is 2. The molecule has 0 aromatic rings. The Kier molecular flexibility index (Phi) is 7.38. The van der Waals surface area contributed by atoms with Crippen LogP contribution in [0.25, 0.3) is 0 Å². The van der Waals surface area contributed by atoms with E-state index in [-0.39, 0.29) is 0 Å². The summed E-state index contributed by atoms with van der Waals surface area (Å²) in [5, 5.41) is 0. The second kappa shape index (κ2) is 8.53. The fraction of sp³-hybridized carbons (Fsp3) is 0.778. The van der Waals surface area contributed by atoms with Crippen molar-refractivity contribution in [1.82, 2.24) is 0 Å². The average Bonchev–Trinajstić information content (AvgIpc) is 2.74. The van der Waals surface area contributed by atoms with Crippen LogP contribution < -0.4 is 0 Å². The maximum atomic E-state index is 6.23. The van der Waals surface area contributed by atoms with E-state index in [0.717, 1.165) is 31.6 Å². The molecule has 2 nitrogen and oxygen atoms in total. The fourth-order valence-corrected chi connectivity index (χ4v) is 3.61. The molecule has 0 heterocycles. The Labute approximate surface area is 132 Å². The number of hydrogen-bond donors (Lipinski definition) is 0. The predicted molar refractivity (Wildman–Crippen MR) is 92.3 cm³/mol. The lowest BCUT2D eigenvalue weighted by atomic mass is 9.90. The van der Waals surface area contributed by atoms with Gasteiger partial charge in [-0.3, -0.25) is 0 Å². The normalized spacial score (nSPS) is 24.3. The first-order valence-electron chi connectivity index (χ1n) is 8.39. The van der Waals surface area contributed by atoms with Crippen LogP contribution in [0, 0.1) is 23.7 Å². The Balaban J connectivity index is 2.88. The lowest BCUT2D eigenvalue weighted by Gasteiger charge is -2.25. The molecular formula is C18H32O2Si. The molecule has 120 valence electrons. The van der Waals surface area contributed by atoms with Gasteiger partial charge >= 0.3 is 0 Å². The summed E-state index contributed by atoms with van der Waals surface area (Å²) in [6.07, 6.45) is 5.43. The number of ether oxygens (including phenoxy) is 1. The zero-order chi connectivity index (χ0) is 15.9. The molecule has 0 radical (unpaired) electrons. The van der Waals surface area contributed by atoms with E-state index < -0.39 is 8.32 Å². The summed E-state index contributed by atoms with van der Waals surface area (Å²) in [6.45, 7) is 13.8. The molecule has 1 saturated carbocycles. The maximum absolute atomic E-state index is 6.23. The van der Waals surface area contributed by atoms with Crippen molar-refractivity contribution in [2.24, 2.45) is 11.8 Å². The molecule has 0 aromatic heterocycles. The van der Waals surface area contributed by atoms with Gasteiger partial charge in [0.25, 0.3) is 5.95 Å². The van der Waals surface area contributed by atoms with Gasteiger partial charge in [-0.1, -0.05) is 13.8 Å². The van der Waals surface area contributed by atoms with E-state index in [1.54, 1.807) is 0 Å². The Morgan fingerprint density at radius 3 is 2.52 bits per heavy atom. The van der Waals surface area contributed by atoms with Crippen LogP contribution >= 0.6 is 0 Å². The second-order valence-corrected chi connectivity index (χ2v) is 11.3. The molecule has 1 rings (SSSR count). The largest absolute Gasteiger partial charge is 0.520 e. The summed E-state index contributed by atoms with van der Waals surface area (Å²) in [7, 11) is -1.63. The van der Waals surface area contributed by atoms with Crippen molar-refractivity contribution in [2.75, 3.05) is 6.61 Å². The third-order valence-corrected chi connectivity index (χ3v) is 4.62. The zero-order valence-electron chi connectivity index (χ0n) is 14.7. The predicted octanol–water partition coefficient (Wildman–Crippen LogP) is 5.33. The highest BCUT2D eigenvalue weighted by atomic mass is 28.4. The van der Waals surface area contributed by atoms with Crippen LogP contribution in [0.5, 0.6) is 0 Å². The molecule has 0 unspecified atom stereocenters. The van der Waals surface area contributed by atoms with Gasteiger partial charge in [-0.25, -0.2) is 0 Å². The smallest absolute Gasteiger partial charge is 0.264 e.